The summed E-state index contributed by atoms with van der Waals surface area (Å²) in [6.07, 6.45) is 1.23. The number of nitriles is 1. The van der Waals surface area contributed by atoms with Crippen molar-refractivity contribution >= 4 is 5.78 Å². The van der Waals surface area contributed by atoms with E-state index in [1.165, 1.54) is 0 Å². The number of carbonyl (C=O) groups is 1. The monoisotopic (exact) mass is 365 g/mol. The number of methoxy groups -OCH3 is 1. The molecule has 27 heavy (non-hydrogen) atoms. The summed E-state index contributed by atoms with van der Waals surface area (Å²) in [5.74, 6) is 0.145. The van der Waals surface area contributed by atoms with Crippen LogP contribution < -0.4 is 5.73 Å². The van der Waals surface area contributed by atoms with Crippen LogP contribution in [0.5, 0.6) is 0 Å². The van der Waals surface area contributed by atoms with Crippen LogP contribution in [0.3, 0.4) is 0 Å². The summed E-state index contributed by atoms with van der Waals surface area (Å²) < 4.78 is 5.23. The average Bonchev–Trinajstić information content (AvgIpc) is 2.60. The van der Waals surface area contributed by atoms with Crippen LogP contribution in [0.15, 0.2) is 46.9 Å². The number of ether oxygens (including phenoxy) is 1. The van der Waals surface area contributed by atoms with E-state index in [1.54, 1.807) is 7.11 Å². The van der Waals surface area contributed by atoms with Crippen LogP contribution in [0.4, 0.5) is 0 Å². The maximum absolute atomic E-state index is 13.2. The third-order valence-corrected chi connectivity index (χ3v) is 5.42. The summed E-state index contributed by atoms with van der Waals surface area (Å²) in [5, 5.41) is 9.89. The molecule has 1 atom stereocenters. The van der Waals surface area contributed by atoms with Crippen molar-refractivity contribution < 1.29 is 9.53 Å². The predicted octanol–water partition coefficient (Wildman–Crippen LogP) is 3.38. The largest absolute Gasteiger partial charge is 0.384 e. The topological polar surface area (TPSA) is 79.3 Å². The molecule has 1 aromatic rings. The molecule has 1 aromatic carbocycles. The highest BCUT2D eigenvalue weighted by molar-refractivity contribution is 6.00. The minimum Gasteiger partial charge on any atom is -0.384 e. The third kappa shape index (κ3) is 3.50. The Balaban J connectivity index is 2.21. The number of rotatable bonds is 4. The highest BCUT2D eigenvalue weighted by atomic mass is 16.5. The van der Waals surface area contributed by atoms with Crippen LogP contribution in [0.25, 0.3) is 0 Å². The number of hydrogen-bond donors (Lipinski definition) is 1. The highest BCUT2D eigenvalue weighted by Gasteiger charge is 2.44. The van der Waals surface area contributed by atoms with Gasteiger partial charge in [-0.2, -0.15) is 5.26 Å². The van der Waals surface area contributed by atoms with Gasteiger partial charge in [-0.1, -0.05) is 43.7 Å². The second kappa shape index (κ2) is 7.21. The Kier molecular flexibility index (Phi) is 5.12. The number of ketones is 1. The van der Waals surface area contributed by atoms with Crippen molar-refractivity contribution in [3.63, 3.8) is 0 Å². The quantitative estimate of drug-likeness (QED) is 0.885. The van der Waals surface area contributed by atoms with Gasteiger partial charge >= 0.3 is 0 Å². The number of Topliss-reactive ketones (excluding diaryl/α,β-unsaturated/α-hetero) is 1. The first-order valence-corrected chi connectivity index (χ1v) is 9.28. The van der Waals surface area contributed by atoms with Crippen molar-refractivity contribution in [1.82, 2.24) is 4.90 Å². The van der Waals surface area contributed by atoms with E-state index in [0.717, 1.165) is 28.8 Å². The number of nitrogens with two attached hydrogens (primary N) is 1. The summed E-state index contributed by atoms with van der Waals surface area (Å²) >= 11 is 0. The standard InChI is InChI=1S/C22H27N3O2/c1-14-5-7-15(8-6-14)19-16(13-23)21(24)25(9-10-27-4)17-11-22(2,3)12-18(26)20(17)19/h5-8,19H,9-12,24H2,1-4H3/t19-/m0/s1. The fraction of sp³-hybridized carbons (Fsp3) is 0.455. The van der Waals surface area contributed by atoms with Crippen molar-refractivity contribution in [2.45, 2.75) is 39.5 Å². The van der Waals surface area contributed by atoms with Crippen molar-refractivity contribution in [3.05, 3.63) is 58.1 Å². The van der Waals surface area contributed by atoms with Crippen molar-refractivity contribution in [3.8, 4) is 6.07 Å². The van der Waals surface area contributed by atoms with Gasteiger partial charge in [-0.15, -0.1) is 0 Å². The van der Waals surface area contributed by atoms with Gasteiger partial charge in [0.05, 0.1) is 24.2 Å². The number of allylic oxidation sites excluding steroid dienone is 3. The first-order chi connectivity index (χ1) is 12.8. The molecule has 2 aliphatic rings. The zero-order chi connectivity index (χ0) is 19.8. The molecule has 0 aromatic heterocycles. The summed E-state index contributed by atoms with van der Waals surface area (Å²) in [6.45, 7) is 7.22. The lowest BCUT2D eigenvalue weighted by Gasteiger charge is -2.43. The van der Waals surface area contributed by atoms with Crippen LogP contribution in [-0.4, -0.2) is 30.9 Å². The second-order valence-corrected chi connectivity index (χ2v) is 8.20. The van der Waals surface area contributed by atoms with E-state index >= 15 is 0 Å². The number of nitrogens with zero attached hydrogens (tertiary/aromatic N) is 2. The fourth-order valence-electron chi connectivity index (χ4n) is 4.11. The fourth-order valence-corrected chi connectivity index (χ4v) is 4.11. The van der Waals surface area contributed by atoms with E-state index in [4.69, 9.17) is 10.5 Å². The Morgan fingerprint density at radius 2 is 1.96 bits per heavy atom. The molecule has 5 heteroatoms. The number of hydrogen-bond acceptors (Lipinski definition) is 5. The highest BCUT2D eigenvalue weighted by Crippen LogP contribution is 2.48. The van der Waals surface area contributed by atoms with Gasteiger partial charge in [0.2, 0.25) is 0 Å². The van der Waals surface area contributed by atoms with E-state index < -0.39 is 5.92 Å². The molecular weight excluding hydrogens is 338 g/mol. The summed E-state index contributed by atoms with van der Waals surface area (Å²) in [5.41, 5.74) is 10.5. The summed E-state index contributed by atoms with van der Waals surface area (Å²) in [6, 6.07) is 10.3. The lowest BCUT2D eigenvalue weighted by molar-refractivity contribution is -0.118. The first kappa shape index (κ1) is 19.2. The van der Waals surface area contributed by atoms with Crippen molar-refractivity contribution in [2.75, 3.05) is 20.3 Å². The molecule has 3 rings (SSSR count). The van der Waals surface area contributed by atoms with Crippen LogP contribution >= 0.6 is 0 Å². The second-order valence-electron chi connectivity index (χ2n) is 8.20. The molecule has 5 nitrogen and oxygen atoms in total. The molecule has 0 unspecified atom stereocenters. The number of benzene rings is 1. The molecule has 0 radical (unpaired) electrons. The van der Waals surface area contributed by atoms with Crippen molar-refractivity contribution in [1.29, 1.82) is 5.26 Å². The molecule has 0 saturated carbocycles. The summed E-state index contributed by atoms with van der Waals surface area (Å²) in [7, 11) is 1.63. The Labute approximate surface area is 161 Å². The SMILES string of the molecule is COCCN1C(N)=C(C#N)[C@H](c2ccc(C)cc2)C2=C1CC(C)(C)CC2=O. The van der Waals surface area contributed by atoms with Crippen LogP contribution in [-0.2, 0) is 9.53 Å². The minimum atomic E-state index is -0.395. The molecule has 142 valence electrons. The molecule has 0 saturated heterocycles. The molecular formula is C22H27N3O2. The molecule has 1 aliphatic carbocycles. The zero-order valence-corrected chi connectivity index (χ0v) is 16.5. The zero-order valence-electron chi connectivity index (χ0n) is 16.5. The Morgan fingerprint density at radius 3 is 2.56 bits per heavy atom. The van der Waals surface area contributed by atoms with Gasteiger partial charge in [-0.3, -0.25) is 4.79 Å². The van der Waals surface area contributed by atoms with E-state index in [2.05, 4.69) is 19.9 Å². The van der Waals surface area contributed by atoms with Gasteiger partial charge in [0.1, 0.15) is 5.82 Å². The van der Waals surface area contributed by atoms with Gasteiger partial charge in [-0.05, 0) is 24.3 Å². The lowest BCUT2D eigenvalue weighted by Crippen LogP contribution is -2.43. The van der Waals surface area contributed by atoms with Crippen LogP contribution in [0.1, 0.15) is 43.7 Å². The van der Waals surface area contributed by atoms with E-state index in [0.29, 0.717) is 31.0 Å². The maximum Gasteiger partial charge on any atom is 0.162 e. The Morgan fingerprint density at radius 1 is 1.30 bits per heavy atom. The van der Waals surface area contributed by atoms with Crippen LogP contribution in [0, 0.1) is 23.7 Å². The van der Waals surface area contributed by atoms with Crippen LogP contribution in [0.2, 0.25) is 0 Å². The molecule has 0 fully saturated rings. The molecule has 1 aliphatic heterocycles. The van der Waals surface area contributed by atoms with Gasteiger partial charge in [0.25, 0.3) is 0 Å². The lowest BCUT2D eigenvalue weighted by atomic mass is 9.68. The Bertz CT molecular complexity index is 857. The van der Waals surface area contributed by atoms with E-state index in [9.17, 15) is 10.1 Å². The normalized spacial score (nSPS) is 22.0. The van der Waals surface area contributed by atoms with E-state index in [1.807, 2.05) is 36.1 Å². The van der Waals surface area contributed by atoms with Gasteiger partial charge in [0, 0.05) is 31.3 Å². The number of aryl methyl sites for hydroxylation is 1. The van der Waals surface area contributed by atoms with Gasteiger partial charge in [-0.25, -0.2) is 0 Å². The molecule has 2 N–H and O–H groups in total. The summed E-state index contributed by atoms with van der Waals surface area (Å²) in [4.78, 5) is 15.1. The molecule has 0 spiro atoms. The van der Waals surface area contributed by atoms with Gasteiger partial charge < -0.3 is 15.4 Å². The minimum absolute atomic E-state index is 0.106. The third-order valence-electron chi connectivity index (χ3n) is 5.42. The molecule has 0 amide bonds. The smallest absolute Gasteiger partial charge is 0.162 e. The number of carbonyl (C=O) groups excluding carboxylic acids is 1. The average molecular weight is 365 g/mol. The Hall–Kier alpha value is -2.58. The maximum atomic E-state index is 13.2. The molecule has 1 heterocycles. The molecule has 0 bridgehead atoms. The van der Waals surface area contributed by atoms with Gasteiger partial charge in [0.15, 0.2) is 5.78 Å². The predicted molar refractivity (Wildman–Crippen MR) is 104 cm³/mol. The van der Waals surface area contributed by atoms with E-state index in [-0.39, 0.29) is 11.2 Å². The van der Waals surface area contributed by atoms with Crippen molar-refractivity contribution in [2.24, 2.45) is 11.1 Å². The first-order valence-electron chi connectivity index (χ1n) is 9.28.